The van der Waals surface area contributed by atoms with Crippen LogP contribution in [0.3, 0.4) is 0 Å². The summed E-state index contributed by atoms with van der Waals surface area (Å²) in [5.74, 6) is 4.98. The molecule has 0 amide bonds. The van der Waals surface area contributed by atoms with Crippen LogP contribution >= 0.6 is 0 Å². The maximum Gasteiger partial charge on any atom is 0.305 e. The molecular formula is C26H46O2. The molecule has 0 saturated heterocycles. The van der Waals surface area contributed by atoms with Crippen molar-refractivity contribution in [1.82, 2.24) is 0 Å². The first-order chi connectivity index (χ1) is 13.7. The Bertz CT molecular complexity index is 435. The van der Waals surface area contributed by atoms with Crippen molar-refractivity contribution in [1.29, 1.82) is 0 Å². The van der Waals surface area contributed by atoms with E-state index in [1.165, 1.54) is 89.9 Å². The lowest BCUT2D eigenvalue weighted by molar-refractivity contribution is -0.150. The fourth-order valence-corrected chi connectivity index (χ4v) is 6.58. The SMILES string of the molecule is CCC[C@H]1CC[C@H](CCC2CCC(C3CCC(OC(=O)CC)CC3)CC2)CC1. The number of carbonyl (C=O) groups is 1. The van der Waals surface area contributed by atoms with Crippen molar-refractivity contribution < 1.29 is 9.53 Å². The second-order valence-corrected chi connectivity index (χ2v) is 10.4. The van der Waals surface area contributed by atoms with Gasteiger partial charge in [0.2, 0.25) is 0 Å². The van der Waals surface area contributed by atoms with Gasteiger partial charge in [0, 0.05) is 6.42 Å². The van der Waals surface area contributed by atoms with Gasteiger partial charge >= 0.3 is 5.97 Å². The van der Waals surface area contributed by atoms with Gasteiger partial charge < -0.3 is 4.74 Å². The zero-order valence-electron chi connectivity index (χ0n) is 18.8. The van der Waals surface area contributed by atoms with Crippen molar-refractivity contribution >= 4 is 5.97 Å². The van der Waals surface area contributed by atoms with Crippen LogP contribution in [0.15, 0.2) is 0 Å². The van der Waals surface area contributed by atoms with Crippen LogP contribution in [-0.4, -0.2) is 12.1 Å². The van der Waals surface area contributed by atoms with Gasteiger partial charge in [-0.05, 0) is 68.1 Å². The Hall–Kier alpha value is -0.530. The zero-order valence-corrected chi connectivity index (χ0v) is 18.8. The molecule has 162 valence electrons. The van der Waals surface area contributed by atoms with Crippen molar-refractivity contribution in [3.63, 3.8) is 0 Å². The van der Waals surface area contributed by atoms with E-state index in [0.29, 0.717) is 6.42 Å². The molecule has 0 aromatic carbocycles. The molecule has 3 aliphatic carbocycles. The third-order valence-electron chi connectivity index (χ3n) is 8.51. The van der Waals surface area contributed by atoms with E-state index in [1.807, 2.05) is 6.92 Å². The lowest BCUT2D eigenvalue weighted by Gasteiger charge is -2.38. The van der Waals surface area contributed by atoms with Crippen molar-refractivity contribution in [3.8, 4) is 0 Å². The van der Waals surface area contributed by atoms with Gasteiger partial charge in [0.15, 0.2) is 0 Å². The Labute approximate surface area is 174 Å². The van der Waals surface area contributed by atoms with Crippen molar-refractivity contribution in [2.75, 3.05) is 0 Å². The minimum Gasteiger partial charge on any atom is -0.462 e. The van der Waals surface area contributed by atoms with E-state index in [9.17, 15) is 4.79 Å². The molecule has 0 bridgehead atoms. The third-order valence-corrected chi connectivity index (χ3v) is 8.51. The first-order valence-corrected chi connectivity index (χ1v) is 12.9. The molecule has 3 saturated carbocycles. The zero-order chi connectivity index (χ0) is 19.8. The van der Waals surface area contributed by atoms with Crippen LogP contribution in [0.5, 0.6) is 0 Å². The topological polar surface area (TPSA) is 26.3 Å². The predicted octanol–water partition coefficient (Wildman–Crippen LogP) is 7.69. The smallest absolute Gasteiger partial charge is 0.305 e. The summed E-state index contributed by atoms with van der Waals surface area (Å²) >= 11 is 0. The molecule has 3 rings (SSSR count). The van der Waals surface area contributed by atoms with E-state index in [-0.39, 0.29) is 12.1 Å². The van der Waals surface area contributed by atoms with Crippen molar-refractivity contribution in [2.24, 2.45) is 29.6 Å². The maximum absolute atomic E-state index is 11.5. The molecule has 0 N–H and O–H groups in total. The molecular weight excluding hydrogens is 344 g/mol. The third kappa shape index (κ3) is 6.77. The van der Waals surface area contributed by atoms with Crippen LogP contribution in [0.4, 0.5) is 0 Å². The average Bonchev–Trinajstić information content (AvgIpc) is 2.74. The van der Waals surface area contributed by atoms with Gasteiger partial charge in [-0.3, -0.25) is 4.79 Å². The summed E-state index contributed by atoms with van der Waals surface area (Å²) in [4.78, 5) is 11.5. The summed E-state index contributed by atoms with van der Waals surface area (Å²) in [6.07, 6.45) is 23.4. The van der Waals surface area contributed by atoms with Crippen LogP contribution in [-0.2, 0) is 9.53 Å². The molecule has 0 unspecified atom stereocenters. The monoisotopic (exact) mass is 390 g/mol. The summed E-state index contributed by atoms with van der Waals surface area (Å²) in [7, 11) is 0. The van der Waals surface area contributed by atoms with E-state index in [1.54, 1.807) is 0 Å². The van der Waals surface area contributed by atoms with Crippen LogP contribution in [0.1, 0.15) is 123 Å². The lowest BCUT2D eigenvalue weighted by Crippen LogP contribution is -2.29. The van der Waals surface area contributed by atoms with Gasteiger partial charge in [0.05, 0.1) is 0 Å². The number of hydrogen-bond donors (Lipinski definition) is 0. The minimum atomic E-state index is -0.0113. The molecule has 0 spiro atoms. The molecule has 3 aliphatic rings. The average molecular weight is 391 g/mol. The minimum absolute atomic E-state index is 0.0113. The van der Waals surface area contributed by atoms with Gasteiger partial charge in [-0.25, -0.2) is 0 Å². The highest BCUT2D eigenvalue weighted by molar-refractivity contribution is 5.69. The molecule has 0 aliphatic heterocycles. The molecule has 0 heterocycles. The van der Waals surface area contributed by atoms with E-state index < -0.39 is 0 Å². The van der Waals surface area contributed by atoms with Crippen LogP contribution in [0.2, 0.25) is 0 Å². The predicted molar refractivity (Wildman–Crippen MR) is 117 cm³/mol. The Morgan fingerprint density at radius 1 is 0.643 bits per heavy atom. The summed E-state index contributed by atoms with van der Waals surface area (Å²) in [6, 6.07) is 0. The van der Waals surface area contributed by atoms with Crippen LogP contribution < -0.4 is 0 Å². The summed E-state index contributed by atoms with van der Waals surface area (Å²) in [5, 5.41) is 0. The van der Waals surface area contributed by atoms with Gasteiger partial charge in [0.1, 0.15) is 6.10 Å². The standard InChI is InChI=1S/C26H46O2/c1-3-5-20-6-8-21(9-7-20)10-11-22-12-14-23(15-13-22)24-16-18-25(19-17-24)28-26(27)4-2/h20-25H,3-19H2,1-2H3/t20-,21-,22?,23?,24?,25?. The molecule has 28 heavy (non-hydrogen) atoms. The molecule has 0 aromatic rings. The quantitative estimate of drug-likeness (QED) is 0.397. The number of carbonyl (C=O) groups excluding carboxylic acids is 1. The molecule has 0 atom stereocenters. The van der Waals surface area contributed by atoms with Gasteiger partial charge in [-0.2, -0.15) is 0 Å². The van der Waals surface area contributed by atoms with Crippen LogP contribution in [0.25, 0.3) is 0 Å². The summed E-state index contributed by atoms with van der Waals surface area (Å²) < 4.78 is 5.56. The van der Waals surface area contributed by atoms with Crippen molar-refractivity contribution in [2.45, 2.75) is 129 Å². The van der Waals surface area contributed by atoms with Crippen molar-refractivity contribution in [3.05, 3.63) is 0 Å². The van der Waals surface area contributed by atoms with E-state index in [0.717, 1.165) is 42.4 Å². The highest BCUT2D eigenvalue weighted by Crippen LogP contribution is 2.42. The van der Waals surface area contributed by atoms with Gasteiger partial charge in [-0.15, -0.1) is 0 Å². The van der Waals surface area contributed by atoms with E-state index in [2.05, 4.69) is 6.92 Å². The fraction of sp³-hybridized carbons (Fsp3) is 0.962. The van der Waals surface area contributed by atoms with E-state index in [4.69, 9.17) is 4.74 Å². The van der Waals surface area contributed by atoms with Gasteiger partial charge in [-0.1, -0.05) is 78.1 Å². The maximum atomic E-state index is 11.5. The van der Waals surface area contributed by atoms with Crippen LogP contribution in [0, 0.1) is 29.6 Å². The lowest BCUT2D eigenvalue weighted by atomic mass is 9.69. The first kappa shape index (κ1) is 22.2. The largest absolute Gasteiger partial charge is 0.462 e. The summed E-state index contributed by atoms with van der Waals surface area (Å²) in [5.41, 5.74) is 0. The molecule has 2 nitrogen and oxygen atoms in total. The fourth-order valence-electron chi connectivity index (χ4n) is 6.58. The molecule has 0 radical (unpaired) electrons. The highest BCUT2D eigenvalue weighted by atomic mass is 16.5. The number of esters is 1. The summed E-state index contributed by atoms with van der Waals surface area (Å²) in [6.45, 7) is 4.24. The second kappa shape index (κ2) is 11.6. The molecule has 0 aromatic heterocycles. The Balaban J connectivity index is 1.27. The normalized spacial score (nSPS) is 36.8. The second-order valence-electron chi connectivity index (χ2n) is 10.4. The Morgan fingerprint density at radius 2 is 1.07 bits per heavy atom. The Morgan fingerprint density at radius 3 is 1.54 bits per heavy atom. The van der Waals surface area contributed by atoms with E-state index >= 15 is 0 Å². The number of ether oxygens (including phenoxy) is 1. The first-order valence-electron chi connectivity index (χ1n) is 12.9. The molecule has 2 heteroatoms. The Kier molecular flexibility index (Phi) is 9.18. The van der Waals surface area contributed by atoms with Gasteiger partial charge in [0.25, 0.3) is 0 Å². The number of hydrogen-bond acceptors (Lipinski definition) is 2. The number of rotatable bonds is 8. The molecule has 3 fully saturated rings. The highest BCUT2D eigenvalue weighted by Gasteiger charge is 2.32.